The fraction of sp³-hybridized carbons (Fsp3) is 0.471. The van der Waals surface area contributed by atoms with Gasteiger partial charge in [-0.05, 0) is 130 Å². The smallest absolute Gasteiger partial charge is 0.118 e. The molecule has 15 nitrogen and oxygen atoms in total. The van der Waals surface area contributed by atoms with Crippen LogP contribution in [0.25, 0.3) is 0 Å². The summed E-state index contributed by atoms with van der Waals surface area (Å²) in [6.45, 7) is 12.2. The standard InChI is InChI=1S/C68H86O15/c1-45-47(3)63(78-39-49-11-23-55(69-5)24-12-49)67(82-43-53-19-31-59(73-9)32-20-53)65(80-41-51-15-27-57(71-7)28-16-51)61(45)76-37-35-75-36-38-77-62-46(2)48(4)64(79-40-50-13-25-56(70-6)26-14-50)68(83-44-54-21-33-60(74-10)34-22-54)66(62)81-42-52-17-29-58(72-8)30-18-52/h11-34,45-48,61-68H,35-44H2,1-10H3/t45-,46+,47-,48+,61-,62+,63+,64-,65-,66+,67-,68+. The zero-order valence-corrected chi connectivity index (χ0v) is 50.0. The van der Waals surface area contributed by atoms with Crippen molar-refractivity contribution in [2.24, 2.45) is 23.7 Å². The lowest BCUT2D eigenvalue weighted by atomic mass is 9.73. The first-order chi connectivity index (χ1) is 40.5. The summed E-state index contributed by atoms with van der Waals surface area (Å²) in [7, 11) is 9.97. The average molecular weight is 1140 g/mol. The summed E-state index contributed by atoms with van der Waals surface area (Å²) in [6, 6.07) is 47.5. The first kappa shape index (κ1) is 62.8. The normalized spacial score (nSPS) is 24.2. The van der Waals surface area contributed by atoms with E-state index >= 15 is 0 Å². The highest BCUT2D eigenvalue weighted by atomic mass is 16.6. The number of ether oxygens (including phenoxy) is 15. The van der Waals surface area contributed by atoms with Crippen molar-refractivity contribution in [2.75, 3.05) is 69.1 Å². The number of benzene rings is 6. The van der Waals surface area contributed by atoms with Crippen LogP contribution in [0.15, 0.2) is 146 Å². The maximum Gasteiger partial charge on any atom is 0.118 e. The van der Waals surface area contributed by atoms with Crippen molar-refractivity contribution in [1.29, 1.82) is 0 Å². The van der Waals surface area contributed by atoms with Crippen LogP contribution < -0.4 is 28.4 Å². The molecule has 0 N–H and O–H groups in total. The van der Waals surface area contributed by atoms with Crippen LogP contribution in [0.5, 0.6) is 34.5 Å². The van der Waals surface area contributed by atoms with Crippen molar-refractivity contribution >= 4 is 0 Å². The zero-order chi connectivity index (χ0) is 58.5. The molecule has 2 aliphatic carbocycles. The fourth-order valence-electron chi connectivity index (χ4n) is 11.0. The maximum absolute atomic E-state index is 6.97. The number of methoxy groups -OCH3 is 6. The minimum Gasteiger partial charge on any atom is -0.497 e. The van der Waals surface area contributed by atoms with Gasteiger partial charge < -0.3 is 71.1 Å². The van der Waals surface area contributed by atoms with E-state index in [1.807, 2.05) is 146 Å². The minimum absolute atomic E-state index is 0.00873. The monoisotopic (exact) mass is 1140 g/mol. The van der Waals surface area contributed by atoms with Gasteiger partial charge in [0.25, 0.3) is 0 Å². The molecular weight excluding hydrogens is 1060 g/mol. The fourth-order valence-corrected chi connectivity index (χ4v) is 11.0. The van der Waals surface area contributed by atoms with Crippen molar-refractivity contribution in [3.8, 4) is 34.5 Å². The van der Waals surface area contributed by atoms with Gasteiger partial charge in [-0.15, -0.1) is 0 Å². The van der Waals surface area contributed by atoms with Crippen LogP contribution in [0.2, 0.25) is 0 Å². The molecule has 8 rings (SSSR count). The van der Waals surface area contributed by atoms with Gasteiger partial charge in [0.05, 0.1) is 133 Å². The number of rotatable bonds is 32. The first-order valence-electron chi connectivity index (χ1n) is 28.8. The van der Waals surface area contributed by atoms with Gasteiger partial charge in [-0.3, -0.25) is 0 Å². The summed E-state index contributed by atoms with van der Waals surface area (Å²) in [4.78, 5) is 0. The molecule has 0 aliphatic heterocycles. The van der Waals surface area contributed by atoms with E-state index in [0.29, 0.717) is 66.1 Å². The van der Waals surface area contributed by atoms with Gasteiger partial charge in [0.15, 0.2) is 0 Å². The second-order valence-electron chi connectivity index (χ2n) is 21.5. The Bertz CT molecular complexity index is 2570. The lowest BCUT2D eigenvalue weighted by Crippen LogP contribution is -2.60. The molecule has 83 heavy (non-hydrogen) atoms. The molecule has 0 bridgehead atoms. The summed E-state index contributed by atoms with van der Waals surface area (Å²) in [5.74, 6) is 4.72. The lowest BCUT2D eigenvalue weighted by molar-refractivity contribution is -0.245. The van der Waals surface area contributed by atoms with Crippen LogP contribution in [0.4, 0.5) is 0 Å². The Hall–Kier alpha value is -6.24. The van der Waals surface area contributed by atoms with E-state index in [2.05, 4.69) is 27.7 Å². The molecule has 6 aromatic rings. The molecule has 0 spiro atoms. The van der Waals surface area contributed by atoms with Gasteiger partial charge >= 0.3 is 0 Å². The molecule has 0 radical (unpaired) electrons. The van der Waals surface area contributed by atoms with E-state index in [0.717, 1.165) is 67.9 Å². The predicted molar refractivity (Wildman–Crippen MR) is 316 cm³/mol. The highest BCUT2D eigenvalue weighted by molar-refractivity contribution is 5.31. The molecule has 0 amide bonds. The molecular formula is C68H86O15. The van der Waals surface area contributed by atoms with Crippen molar-refractivity contribution in [2.45, 2.75) is 116 Å². The quantitative estimate of drug-likeness (QED) is 0.0370. The summed E-state index contributed by atoms with van der Waals surface area (Å²) >= 11 is 0. The van der Waals surface area contributed by atoms with Crippen LogP contribution in [-0.2, 0) is 82.3 Å². The molecule has 0 heterocycles. The van der Waals surface area contributed by atoms with Gasteiger partial charge in [0.2, 0.25) is 0 Å². The van der Waals surface area contributed by atoms with Crippen molar-refractivity contribution in [1.82, 2.24) is 0 Å². The van der Waals surface area contributed by atoms with Gasteiger partial charge in [-0.25, -0.2) is 0 Å². The second kappa shape index (κ2) is 32.2. The van der Waals surface area contributed by atoms with E-state index in [-0.39, 0.29) is 48.1 Å². The van der Waals surface area contributed by atoms with Crippen molar-refractivity contribution in [3.63, 3.8) is 0 Å². The van der Waals surface area contributed by atoms with Crippen molar-refractivity contribution in [3.05, 3.63) is 179 Å². The van der Waals surface area contributed by atoms with Crippen LogP contribution in [0, 0.1) is 23.7 Å². The molecule has 0 unspecified atom stereocenters. The molecule has 448 valence electrons. The Morgan fingerprint density at radius 3 is 0.566 bits per heavy atom. The molecule has 6 aromatic carbocycles. The molecule has 0 aromatic heterocycles. The maximum atomic E-state index is 6.97. The predicted octanol–water partition coefficient (Wildman–Crippen LogP) is 11.9. The summed E-state index contributed by atoms with van der Waals surface area (Å²) < 4.78 is 94.5. The highest BCUT2D eigenvalue weighted by Gasteiger charge is 2.52. The third-order valence-electron chi connectivity index (χ3n) is 16.4. The second-order valence-corrected chi connectivity index (χ2v) is 21.5. The van der Waals surface area contributed by atoms with Crippen LogP contribution in [0.1, 0.15) is 61.1 Å². The lowest BCUT2D eigenvalue weighted by Gasteiger charge is -2.49. The topological polar surface area (TPSA) is 138 Å². The Balaban J connectivity index is 0.969. The Morgan fingerprint density at radius 1 is 0.217 bits per heavy atom. The van der Waals surface area contributed by atoms with E-state index < -0.39 is 24.4 Å². The Kier molecular flexibility index (Phi) is 24.3. The molecule has 2 aliphatic rings. The van der Waals surface area contributed by atoms with Gasteiger partial charge in [-0.1, -0.05) is 100 Å². The molecule has 15 heteroatoms. The summed E-state index contributed by atoms with van der Waals surface area (Å²) in [5.41, 5.74) is 6.02. The van der Waals surface area contributed by atoms with Gasteiger partial charge in [0, 0.05) is 0 Å². The Labute approximate surface area is 491 Å². The van der Waals surface area contributed by atoms with Crippen LogP contribution in [-0.4, -0.2) is 118 Å². The highest BCUT2D eigenvalue weighted by Crippen LogP contribution is 2.41. The summed E-state index contributed by atoms with van der Waals surface area (Å²) in [5, 5.41) is 0. The Morgan fingerprint density at radius 2 is 0.386 bits per heavy atom. The van der Waals surface area contributed by atoms with Crippen LogP contribution in [0.3, 0.4) is 0 Å². The van der Waals surface area contributed by atoms with Crippen LogP contribution >= 0.6 is 0 Å². The molecule has 12 atom stereocenters. The SMILES string of the molecule is COc1ccc(CO[C@@H]2[C@@H](OCc3ccc(OC)cc3)[C@@H](OCCOCCO[C@@H]3[C@H](C)[C@@H](C)[C@H](OCc4ccc(OC)cc4)[C@@H](OCc4ccc(OC)cc4)[C@@H]3OCc3ccc(OC)cc3)[C@@H](C)[C@H](C)[C@H]2OCc2ccc(OC)cc2)cc1. The first-order valence-corrected chi connectivity index (χ1v) is 28.8. The molecule has 0 saturated heterocycles. The molecule has 2 saturated carbocycles. The van der Waals surface area contributed by atoms with E-state index in [9.17, 15) is 0 Å². The van der Waals surface area contributed by atoms with Gasteiger partial charge in [-0.2, -0.15) is 0 Å². The van der Waals surface area contributed by atoms with Crippen molar-refractivity contribution < 1.29 is 71.1 Å². The third-order valence-corrected chi connectivity index (χ3v) is 16.4. The van der Waals surface area contributed by atoms with Gasteiger partial charge in [0.1, 0.15) is 58.9 Å². The zero-order valence-electron chi connectivity index (χ0n) is 50.0. The summed E-state index contributed by atoms with van der Waals surface area (Å²) in [6.07, 6.45) is -3.45. The molecule has 2 fully saturated rings. The van der Waals surface area contributed by atoms with E-state index in [1.165, 1.54) is 0 Å². The number of hydrogen-bond acceptors (Lipinski definition) is 15. The average Bonchev–Trinajstić information content (AvgIpc) is 3.64. The number of hydrogen-bond donors (Lipinski definition) is 0. The third kappa shape index (κ3) is 17.4. The van der Waals surface area contributed by atoms with E-state index in [1.54, 1.807) is 42.7 Å². The minimum atomic E-state index is -0.515. The van der Waals surface area contributed by atoms with E-state index in [4.69, 9.17) is 71.1 Å². The largest absolute Gasteiger partial charge is 0.497 e.